The van der Waals surface area contributed by atoms with Gasteiger partial charge in [0.05, 0.1) is 13.2 Å². The van der Waals surface area contributed by atoms with E-state index in [4.69, 9.17) is 4.74 Å². The second-order valence-electron chi connectivity index (χ2n) is 4.64. The van der Waals surface area contributed by atoms with E-state index in [-0.39, 0.29) is 5.78 Å². The Morgan fingerprint density at radius 1 is 1.44 bits per heavy atom. The summed E-state index contributed by atoms with van der Waals surface area (Å²) in [6.07, 6.45) is 0.575. The molecule has 1 atom stereocenters. The highest BCUT2D eigenvalue weighted by atomic mass is 79.9. The molecular formula is C14H18BrNO2. The van der Waals surface area contributed by atoms with Gasteiger partial charge in [-0.2, -0.15) is 0 Å². The summed E-state index contributed by atoms with van der Waals surface area (Å²) in [6.45, 7) is 5.43. The smallest absolute Gasteiger partial charge is 0.164 e. The van der Waals surface area contributed by atoms with Crippen LogP contribution in [0.5, 0.6) is 0 Å². The number of nitrogens with zero attached hydrogens (tertiary/aromatic N) is 1. The van der Waals surface area contributed by atoms with E-state index >= 15 is 0 Å². The number of rotatable bonds is 4. The number of hydrogen-bond acceptors (Lipinski definition) is 3. The lowest BCUT2D eigenvalue weighted by Crippen LogP contribution is -2.44. The number of carbonyl (C=O) groups is 1. The minimum absolute atomic E-state index is 0.209. The van der Waals surface area contributed by atoms with Gasteiger partial charge in [-0.3, -0.25) is 9.69 Å². The highest BCUT2D eigenvalue weighted by molar-refractivity contribution is 9.10. The standard InChI is InChI=1S/C14H18BrNO2/c1-11-10-18-9-8-16(11)7-6-14(17)12-2-4-13(15)5-3-12/h2-5,11H,6-10H2,1H3. The molecule has 2 rings (SSSR count). The van der Waals surface area contributed by atoms with Gasteiger partial charge in [0.2, 0.25) is 0 Å². The van der Waals surface area contributed by atoms with Gasteiger partial charge in [0.15, 0.2) is 5.78 Å². The molecule has 18 heavy (non-hydrogen) atoms. The van der Waals surface area contributed by atoms with E-state index in [1.165, 1.54) is 0 Å². The summed E-state index contributed by atoms with van der Waals surface area (Å²) in [5.41, 5.74) is 0.791. The first-order valence-corrected chi connectivity index (χ1v) is 7.06. The lowest BCUT2D eigenvalue weighted by molar-refractivity contribution is -0.000208. The van der Waals surface area contributed by atoms with E-state index in [1.54, 1.807) is 0 Å². The number of ether oxygens (including phenoxy) is 1. The Hall–Kier alpha value is -0.710. The number of benzene rings is 1. The third-order valence-corrected chi connectivity index (χ3v) is 3.83. The van der Waals surface area contributed by atoms with E-state index in [9.17, 15) is 4.79 Å². The number of halogens is 1. The average molecular weight is 312 g/mol. The van der Waals surface area contributed by atoms with Crippen molar-refractivity contribution in [3.63, 3.8) is 0 Å². The molecule has 4 heteroatoms. The van der Waals surface area contributed by atoms with Gasteiger partial charge in [0.1, 0.15) is 0 Å². The van der Waals surface area contributed by atoms with Crippen LogP contribution < -0.4 is 0 Å². The fourth-order valence-corrected chi connectivity index (χ4v) is 2.38. The van der Waals surface area contributed by atoms with Crippen molar-refractivity contribution in [3.8, 4) is 0 Å². The molecule has 0 aliphatic carbocycles. The summed E-state index contributed by atoms with van der Waals surface area (Å²) < 4.78 is 6.39. The Labute approximate surface area is 116 Å². The monoisotopic (exact) mass is 311 g/mol. The highest BCUT2D eigenvalue weighted by Gasteiger charge is 2.19. The fourth-order valence-electron chi connectivity index (χ4n) is 2.12. The Morgan fingerprint density at radius 2 is 2.17 bits per heavy atom. The van der Waals surface area contributed by atoms with Crippen LogP contribution in [-0.2, 0) is 4.74 Å². The number of Topliss-reactive ketones (excluding diaryl/α,β-unsaturated/α-hetero) is 1. The second-order valence-corrected chi connectivity index (χ2v) is 5.56. The van der Waals surface area contributed by atoms with Crippen LogP contribution in [0.1, 0.15) is 23.7 Å². The third kappa shape index (κ3) is 3.64. The molecule has 0 saturated carbocycles. The van der Waals surface area contributed by atoms with Crippen LogP contribution in [0.3, 0.4) is 0 Å². The van der Waals surface area contributed by atoms with Crippen LogP contribution in [-0.4, -0.2) is 43.0 Å². The number of hydrogen-bond donors (Lipinski definition) is 0. The highest BCUT2D eigenvalue weighted by Crippen LogP contribution is 2.13. The van der Waals surface area contributed by atoms with Gasteiger partial charge in [0.25, 0.3) is 0 Å². The summed E-state index contributed by atoms with van der Waals surface area (Å²) in [6, 6.07) is 7.97. The van der Waals surface area contributed by atoms with E-state index in [1.807, 2.05) is 24.3 Å². The summed E-state index contributed by atoms with van der Waals surface area (Å²) in [7, 11) is 0. The Kier molecular flexibility index (Phi) is 4.92. The minimum Gasteiger partial charge on any atom is -0.379 e. The summed E-state index contributed by atoms with van der Waals surface area (Å²) >= 11 is 3.37. The topological polar surface area (TPSA) is 29.5 Å². The SMILES string of the molecule is CC1COCCN1CCC(=O)c1ccc(Br)cc1. The first-order chi connectivity index (χ1) is 8.66. The maximum absolute atomic E-state index is 12.0. The van der Waals surface area contributed by atoms with E-state index in [0.29, 0.717) is 12.5 Å². The minimum atomic E-state index is 0.209. The summed E-state index contributed by atoms with van der Waals surface area (Å²) in [4.78, 5) is 14.4. The average Bonchev–Trinajstić information content (AvgIpc) is 2.38. The van der Waals surface area contributed by atoms with Crippen LogP contribution in [0.25, 0.3) is 0 Å². The van der Waals surface area contributed by atoms with Crippen molar-refractivity contribution in [3.05, 3.63) is 34.3 Å². The van der Waals surface area contributed by atoms with Gasteiger partial charge in [-0.25, -0.2) is 0 Å². The van der Waals surface area contributed by atoms with Crippen molar-refractivity contribution < 1.29 is 9.53 Å². The van der Waals surface area contributed by atoms with Crippen molar-refractivity contribution >= 4 is 21.7 Å². The van der Waals surface area contributed by atoms with Crippen LogP contribution in [0.15, 0.2) is 28.7 Å². The van der Waals surface area contributed by atoms with Crippen molar-refractivity contribution in [1.29, 1.82) is 0 Å². The maximum atomic E-state index is 12.0. The molecular weight excluding hydrogens is 294 g/mol. The van der Waals surface area contributed by atoms with Crippen molar-refractivity contribution in [2.24, 2.45) is 0 Å². The molecule has 0 bridgehead atoms. The number of ketones is 1. The van der Waals surface area contributed by atoms with Crippen LogP contribution in [0, 0.1) is 0 Å². The molecule has 1 aromatic carbocycles. The number of morpholine rings is 1. The lowest BCUT2D eigenvalue weighted by atomic mass is 10.1. The van der Waals surface area contributed by atoms with E-state index in [2.05, 4.69) is 27.8 Å². The van der Waals surface area contributed by atoms with E-state index < -0.39 is 0 Å². The summed E-state index contributed by atoms with van der Waals surface area (Å²) in [5.74, 6) is 0.209. The zero-order chi connectivity index (χ0) is 13.0. The molecule has 1 aliphatic rings. The zero-order valence-corrected chi connectivity index (χ0v) is 12.1. The summed E-state index contributed by atoms with van der Waals surface area (Å²) in [5, 5.41) is 0. The van der Waals surface area contributed by atoms with Gasteiger partial charge in [-0.1, -0.05) is 28.1 Å². The lowest BCUT2D eigenvalue weighted by Gasteiger charge is -2.32. The van der Waals surface area contributed by atoms with Crippen molar-refractivity contribution in [1.82, 2.24) is 4.90 Å². The first kappa shape index (κ1) is 13.7. The van der Waals surface area contributed by atoms with Crippen molar-refractivity contribution in [2.75, 3.05) is 26.3 Å². The fraction of sp³-hybridized carbons (Fsp3) is 0.500. The molecule has 0 N–H and O–H groups in total. The molecule has 1 aliphatic heterocycles. The Bertz CT molecular complexity index is 405. The Morgan fingerprint density at radius 3 is 2.83 bits per heavy atom. The molecule has 0 radical (unpaired) electrons. The predicted octanol–water partition coefficient (Wildman–Crippen LogP) is 2.74. The molecule has 1 aromatic rings. The molecule has 1 saturated heterocycles. The molecule has 0 amide bonds. The molecule has 98 valence electrons. The van der Waals surface area contributed by atoms with Crippen molar-refractivity contribution in [2.45, 2.75) is 19.4 Å². The normalized spacial score (nSPS) is 20.9. The van der Waals surface area contributed by atoms with Crippen LogP contribution in [0.2, 0.25) is 0 Å². The molecule has 0 spiro atoms. The second kappa shape index (κ2) is 6.45. The van der Waals surface area contributed by atoms with Gasteiger partial charge in [-0.05, 0) is 19.1 Å². The molecule has 3 nitrogen and oxygen atoms in total. The van der Waals surface area contributed by atoms with Crippen LogP contribution >= 0.6 is 15.9 Å². The molecule has 1 unspecified atom stereocenters. The zero-order valence-electron chi connectivity index (χ0n) is 10.6. The Balaban J connectivity index is 1.86. The largest absolute Gasteiger partial charge is 0.379 e. The van der Waals surface area contributed by atoms with Gasteiger partial charge in [0, 0.05) is 35.6 Å². The first-order valence-electron chi connectivity index (χ1n) is 6.27. The number of carbonyl (C=O) groups excluding carboxylic acids is 1. The predicted molar refractivity (Wildman–Crippen MR) is 74.9 cm³/mol. The molecule has 0 aromatic heterocycles. The third-order valence-electron chi connectivity index (χ3n) is 3.30. The van der Waals surface area contributed by atoms with Gasteiger partial charge >= 0.3 is 0 Å². The van der Waals surface area contributed by atoms with Gasteiger partial charge < -0.3 is 4.74 Å². The van der Waals surface area contributed by atoms with Crippen LogP contribution in [0.4, 0.5) is 0 Å². The molecule has 1 heterocycles. The van der Waals surface area contributed by atoms with E-state index in [0.717, 1.165) is 36.3 Å². The molecule has 1 fully saturated rings. The quantitative estimate of drug-likeness (QED) is 0.801. The maximum Gasteiger partial charge on any atom is 0.164 e. The van der Waals surface area contributed by atoms with Gasteiger partial charge in [-0.15, -0.1) is 0 Å².